The molecule has 1 amide bonds. The predicted octanol–water partition coefficient (Wildman–Crippen LogP) is 1.26. The second-order valence-corrected chi connectivity index (χ2v) is 6.25. The average molecular weight is 253 g/mol. The molecule has 2 atom stereocenters. The van der Waals surface area contributed by atoms with Crippen molar-refractivity contribution in [3.8, 4) is 0 Å². The van der Waals surface area contributed by atoms with E-state index in [0.717, 1.165) is 13.1 Å². The van der Waals surface area contributed by atoms with Crippen LogP contribution >= 0.6 is 0 Å². The molecule has 0 bridgehead atoms. The molecule has 1 saturated carbocycles. The highest BCUT2D eigenvalue weighted by Crippen LogP contribution is 2.47. The molecule has 18 heavy (non-hydrogen) atoms. The highest BCUT2D eigenvalue weighted by Gasteiger charge is 2.54. The Kier molecular flexibility index (Phi) is 3.25. The zero-order valence-corrected chi connectivity index (χ0v) is 11.4. The number of nitrogens with zero attached hydrogens (tertiary/aromatic N) is 2. The van der Waals surface area contributed by atoms with Gasteiger partial charge < -0.3 is 15.8 Å². The van der Waals surface area contributed by atoms with Crippen molar-refractivity contribution in [1.29, 1.82) is 0 Å². The van der Waals surface area contributed by atoms with E-state index in [1.165, 1.54) is 0 Å². The lowest BCUT2D eigenvalue weighted by Gasteiger charge is -2.45. The number of oxime groups is 1. The van der Waals surface area contributed by atoms with Gasteiger partial charge in [0.2, 0.25) is 5.91 Å². The minimum Gasteiger partial charge on any atom is -0.409 e. The molecule has 1 heterocycles. The molecule has 0 spiro atoms. The van der Waals surface area contributed by atoms with Gasteiger partial charge in [-0.25, -0.2) is 0 Å². The second-order valence-electron chi connectivity index (χ2n) is 6.25. The van der Waals surface area contributed by atoms with Crippen LogP contribution in [0.2, 0.25) is 0 Å². The predicted molar refractivity (Wildman–Crippen MR) is 69.1 cm³/mol. The zero-order valence-electron chi connectivity index (χ0n) is 11.4. The quantitative estimate of drug-likeness (QED) is 0.336. The summed E-state index contributed by atoms with van der Waals surface area (Å²) in [5.41, 5.74) is 5.03. The Hall–Kier alpha value is -1.26. The van der Waals surface area contributed by atoms with Crippen molar-refractivity contribution in [3.05, 3.63) is 0 Å². The molecule has 2 fully saturated rings. The number of hydrogen-bond donors (Lipinski definition) is 2. The zero-order chi connectivity index (χ0) is 13.5. The first-order chi connectivity index (χ1) is 8.40. The number of amides is 1. The van der Waals surface area contributed by atoms with Crippen molar-refractivity contribution >= 4 is 11.7 Å². The summed E-state index contributed by atoms with van der Waals surface area (Å²) in [6, 6.07) is 0. The van der Waals surface area contributed by atoms with Crippen LogP contribution in [0.15, 0.2) is 5.16 Å². The van der Waals surface area contributed by atoms with E-state index in [4.69, 9.17) is 10.9 Å². The SMILES string of the molecule is CC1CC(C(=O)N2CC(C)C(C)C2)(C(N)=NO)C1. The lowest BCUT2D eigenvalue weighted by Crippen LogP contribution is -2.57. The van der Waals surface area contributed by atoms with Gasteiger partial charge in [-0.1, -0.05) is 25.9 Å². The molecule has 2 unspecified atom stereocenters. The van der Waals surface area contributed by atoms with Gasteiger partial charge in [0.05, 0.1) is 0 Å². The molecule has 2 aliphatic rings. The van der Waals surface area contributed by atoms with Crippen molar-refractivity contribution < 1.29 is 10.0 Å². The van der Waals surface area contributed by atoms with Crippen LogP contribution in [-0.4, -0.2) is 34.9 Å². The Labute approximate surface area is 108 Å². The molecule has 1 aliphatic heterocycles. The third kappa shape index (κ3) is 1.85. The molecule has 0 radical (unpaired) electrons. The molecular formula is C13H23N3O2. The number of rotatable bonds is 2. The van der Waals surface area contributed by atoms with Gasteiger partial charge in [0.1, 0.15) is 5.41 Å². The Morgan fingerprint density at radius 1 is 1.28 bits per heavy atom. The van der Waals surface area contributed by atoms with E-state index in [1.807, 2.05) is 4.90 Å². The van der Waals surface area contributed by atoms with Crippen LogP contribution in [-0.2, 0) is 4.79 Å². The molecule has 2 rings (SSSR count). The largest absolute Gasteiger partial charge is 0.409 e. The molecule has 5 nitrogen and oxygen atoms in total. The number of carbonyl (C=O) groups is 1. The third-order valence-electron chi connectivity index (χ3n) is 4.68. The molecule has 0 aromatic rings. The van der Waals surface area contributed by atoms with Crippen LogP contribution in [0.1, 0.15) is 33.6 Å². The van der Waals surface area contributed by atoms with E-state index >= 15 is 0 Å². The summed E-state index contributed by atoms with van der Waals surface area (Å²) >= 11 is 0. The summed E-state index contributed by atoms with van der Waals surface area (Å²) in [6.45, 7) is 7.99. The Morgan fingerprint density at radius 3 is 2.17 bits per heavy atom. The Bertz CT molecular complexity index is 364. The Morgan fingerprint density at radius 2 is 1.78 bits per heavy atom. The van der Waals surface area contributed by atoms with E-state index in [9.17, 15) is 4.79 Å². The van der Waals surface area contributed by atoms with Crippen molar-refractivity contribution in [2.75, 3.05) is 13.1 Å². The lowest BCUT2D eigenvalue weighted by atomic mass is 9.61. The van der Waals surface area contributed by atoms with E-state index in [0.29, 0.717) is 30.6 Å². The first-order valence-electron chi connectivity index (χ1n) is 6.68. The second kappa shape index (κ2) is 4.44. The van der Waals surface area contributed by atoms with Crippen LogP contribution in [0.5, 0.6) is 0 Å². The fourth-order valence-electron chi connectivity index (χ4n) is 3.32. The third-order valence-corrected chi connectivity index (χ3v) is 4.68. The number of likely N-dealkylation sites (tertiary alicyclic amines) is 1. The Balaban J connectivity index is 2.16. The summed E-state index contributed by atoms with van der Waals surface area (Å²) in [5, 5.41) is 12.0. The molecule has 0 aromatic heterocycles. The molecule has 0 aromatic carbocycles. The lowest BCUT2D eigenvalue weighted by molar-refractivity contribution is -0.143. The fourth-order valence-corrected chi connectivity index (χ4v) is 3.32. The van der Waals surface area contributed by atoms with Gasteiger partial charge in [0.15, 0.2) is 5.84 Å². The number of amidine groups is 1. The number of hydrogen-bond acceptors (Lipinski definition) is 3. The van der Waals surface area contributed by atoms with Crippen LogP contribution in [0.4, 0.5) is 0 Å². The normalized spacial score (nSPS) is 40.7. The number of nitrogens with two attached hydrogens (primary N) is 1. The van der Waals surface area contributed by atoms with Gasteiger partial charge >= 0.3 is 0 Å². The van der Waals surface area contributed by atoms with Gasteiger partial charge in [-0.15, -0.1) is 0 Å². The first-order valence-corrected chi connectivity index (χ1v) is 6.68. The summed E-state index contributed by atoms with van der Waals surface area (Å²) < 4.78 is 0. The van der Waals surface area contributed by atoms with Crippen molar-refractivity contribution in [3.63, 3.8) is 0 Å². The van der Waals surface area contributed by atoms with E-state index in [-0.39, 0.29) is 11.7 Å². The van der Waals surface area contributed by atoms with E-state index in [2.05, 4.69) is 25.9 Å². The average Bonchev–Trinajstić information content (AvgIpc) is 2.63. The highest BCUT2D eigenvalue weighted by molar-refractivity contribution is 6.07. The summed E-state index contributed by atoms with van der Waals surface area (Å²) in [4.78, 5) is 14.5. The minimum absolute atomic E-state index is 0.0482. The first kappa shape index (κ1) is 13.2. The molecule has 5 heteroatoms. The standard InChI is InChI=1S/C13H23N3O2/c1-8-4-13(5-8,11(14)15-18)12(17)16-6-9(2)10(3)7-16/h8-10,18H,4-7H2,1-3H3,(H2,14,15). The summed E-state index contributed by atoms with van der Waals surface area (Å²) in [5.74, 6) is 1.64. The minimum atomic E-state index is -0.738. The molecule has 102 valence electrons. The van der Waals surface area contributed by atoms with Gasteiger partial charge in [-0.2, -0.15) is 0 Å². The summed E-state index contributed by atoms with van der Waals surface area (Å²) in [6.07, 6.45) is 1.39. The highest BCUT2D eigenvalue weighted by atomic mass is 16.4. The van der Waals surface area contributed by atoms with Gasteiger partial charge in [-0.3, -0.25) is 4.79 Å². The number of carbonyl (C=O) groups excluding carboxylic acids is 1. The van der Waals surface area contributed by atoms with E-state index in [1.54, 1.807) is 0 Å². The molecule has 1 aliphatic carbocycles. The van der Waals surface area contributed by atoms with Gasteiger partial charge in [-0.05, 0) is 30.6 Å². The van der Waals surface area contributed by atoms with Crippen LogP contribution < -0.4 is 5.73 Å². The topological polar surface area (TPSA) is 78.9 Å². The van der Waals surface area contributed by atoms with Crippen molar-refractivity contribution in [2.45, 2.75) is 33.6 Å². The van der Waals surface area contributed by atoms with Crippen molar-refractivity contribution in [1.82, 2.24) is 4.90 Å². The molecular weight excluding hydrogens is 230 g/mol. The molecule has 3 N–H and O–H groups in total. The maximum Gasteiger partial charge on any atom is 0.236 e. The van der Waals surface area contributed by atoms with Gasteiger partial charge in [0, 0.05) is 13.1 Å². The maximum absolute atomic E-state index is 12.6. The van der Waals surface area contributed by atoms with Crippen molar-refractivity contribution in [2.24, 2.45) is 34.1 Å². The summed E-state index contributed by atoms with van der Waals surface area (Å²) in [7, 11) is 0. The maximum atomic E-state index is 12.6. The smallest absolute Gasteiger partial charge is 0.236 e. The van der Waals surface area contributed by atoms with Gasteiger partial charge in [0.25, 0.3) is 0 Å². The fraction of sp³-hybridized carbons (Fsp3) is 0.846. The van der Waals surface area contributed by atoms with Crippen LogP contribution in [0, 0.1) is 23.2 Å². The van der Waals surface area contributed by atoms with Crippen LogP contribution in [0.25, 0.3) is 0 Å². The molecule has 1 saturated heterocycles. The monoisotopic (exact) mass is 253 g/mol. The van der Waals surface area contributed by atoms with Crippen LogP contribution in [0.3, 0.4) is 0 Å². The van der Waals surface area contributed by atoms with E-state index < -0.39 is 5.41 Å².